The van der Waals surface area contributed by atoms with Crippen LogP contribution < -0.4 is 4.74 Å². The van der Waals surface area contributed by atoms with Crippen molar-refractivity contribution in [2.24, 2.45) is 0 Å². The number of carbonyl (C=O) groups is 1. The lowest BCUT2D eigenvalue weighted by Crippen LogP contribution is -2.56. The number of amides is 1. The van der Waals surface area contributed by atoms with Crippen molar-refractivity contribution < 1.29 is 31.6 Å². The van der Waals surface area contributed by atoms with E-state index in [1.54, 1.807) is 47.4 Å². The molecule has 1 aromatic rings. The van der Waals surface area contributed by atoms with Gasteiger partial charge >= 0.3 is 11.6 Å². The zero-order valence-corrected chi connectivity index (χ0v) is 20.4. The highest BCUT2D eigenvalue weighted by molar-refractivity contribution is 7.95. The van der Waals surface area contributed by atoms with Gasteiger partial charge in [-0.05, 0) is 45.7 Å². The Hall–Kier alpha value is -2.55. The lowest BCUT2D eigenvalue weighted by Gasteiger charge is -2.46. The van der Waals surface area contributed by atoms with Crippen molar-refractivity contribution in [2.75, 3.05) is 0 Å². The number of nitrogens with zero attached hydrogens (tertiary/aromatic N) is 1. The smallest absolute Gasteiger partial charge is 0.479 e. The fourth-order valence-electron chi connectivity index (χ4n) is 4.54. The summed E-state index contributed by atoms with van der Waals surface area (Å²) in [6, 6.07) is 6.71. The number of alkyl halides is 3. The van der Waals surface area contributed by atoms with Crippen LogP contribution in [0.15, 0.2) is 55.7 Å². The average Bonchev–Trinajstić information content (AvgIpc) is 3.03. The summed E-state index contributed by atoms with van der Waals surface area (Å²) in [6.45, 7) is 12.2. The molecule has 2 atom stereocenters. The van der Waals surface area contributed by atoms with Crippen molar-refractivity contribution in [1.82, 2.24) is 4.90 Å². The Balaban J connectivity index is 0.000000804. The number of halogens is 3. The second-order valence-corrected chi connectivity index (χ2v) is 10.2. The van der Waals surface area contributed by atoms with Crippen LogP contribution >= 0.6 is 12.0 Å². The number of hydrogen-bond acceptors (Lipinski definition) is 5. The lowest BCUT2D eigenvalue weighted by atomic mass is 9.83. The highest BCUT2D eigenvalue weighted by atomic mass is 32.2. The summed E-state index contributed by atoms with van der Waals surface area (Å²) in [6.07, 6.45) is 7.14. The van der Waals surface area contributed by atoms with E-state index in [4.69, 9.17) is 13.7 Å². The highest BCUT2D eigenvalue weighted by Gasteiger charge is 2.53. The molecule has 0 aromatic heterocycles. The summed E-state index contributed by atoms with van der Waals surface area (Å²) in [5, 5.41) is 0. The molecule has 0 N–H and O–H groups in total. The van der Waals surface area contributed by atoms with E-state index in [1.165, 1.54) is 0 Å². The van der Waals surface area contributed by atoms with Gasteiger partial charge in [0.15, 0.2) is 12.0 Å². The maximum absolute atomic E-state index is 12.8. The van der Waals surface area contributed by atoms with Gasteiger partial charge in [-0.2, -0.15) is 13.2 Å². The normalized spacial score (nSPS) is 24.5. The number of allylic oxidation sites excluding steroid dienone is 2. The molecule has 3 aliphatic heterocycles. The van der Waals surface area contributed by atoms with Crippen LogP contribution in [0, 0.1) is 0 Å². The molecule has 1 amide bonds. The third-order valence-electron chi connectivity index (χ3n) is 5.64. The van der Waals surface area contributed by atoms with Gasteiger partial charge in [0, 0.05) is 31.0 Å². The Labute approximate surface area is 210 Å². The number of rotatable bonds is 3. The van der Waals surface area contributed by atoms with Gasteiger partial charge in [-0.15, -0.1) is 0 Å². The van der Waals surface area contributed by atoms with Crippen LogP contribution in [0.4, 0.5) is 18.0 Å². The molecule has 1 aromatic carbocycles. The first kappa shape index (κ1) is 28.7. The first-order chi connectivity index (χ1) is 15.9. The molecule has 3 heterocycles. The Morgan fingerprint density at radius 1 is 1.14 bits per heavy atom. The monoisotopic (exact) mass is 513 g/mol. The van der Waals surface area contributed by atoms with Crippen molar-refractivity contribution in [2.45, 2.75) is 82.7 Å². The van der Waals surface area contributed by atoms with Gasteiger partial charge in [0.25, 0.3) is 0 Å². The van der Waals surface area contributed by atoms with Crippen LogP contribution in [-0.4, -0.2) is 39.8 Å². The van der Waals surface area contributed by atoms with Crippen molar-refractivity contribution in [3.63, 3.8) is 0 Å². The van der Waals surface area contributed by atoms with E-state index in [0.29, 0.717) is 24.2 Å². The molecule has 2 unspecified atom stereocenters. The van der Waals surface area contributed by atoms with Gasteiger partial charge in [-0.1, -0.05) is 44.9 Å². The minimum atomic E-state index is -4.51. The van der Waals surface area contributed by atoms with E-state index in [9.17, 15) is 18.0 Å². The first-order valence-electron chi connectivity index (χ1n) is 11.0. The topological polar surface area (TPSA) is 48.0 Å². The molecule has 2 bridgehead atoms. The number of piperidine rings is 1. The van der Waals surface area contributed by atoms with Crippen molar-refractivity contribution in [3.8, 4) is 5.75 Å². The molecule has 194 valence electrons. The van der Waals surface area contributed by atoms with Crippen LogP contribution in [-0.2, 0) is 8.92 Å². The maximum Gasteiger partial charge on any atom is 0.479 e. The molecule has 2 fully saturated rings. The van der Waals surface area contributed by atoms with E-state index >= 15 is 0 Å². The van der Waals surface area contributed by atoms with E-state index in [0.717, 1.165) is 12.8 Å². The molecule has 0 radical (unpaired) electrons. The molecule has 1 spiro atoms. The Kier molecular flexibility index (Phi) is 9.03. The summed E-state index contributed by atoms with van der Waals surface area (Å²) in [4.78, 5) is 14.5. The molecule has 5 nitrogen and oxygen atoms in total. The predicted molar refractivity (Wildman–Crippen MR) is 134 cm³/mol. The molecule has 9 heteroatoms. The second kappa shape index (κ2) is 11.0. The molecule has 2 saturated heterocycles. The average molecular weight is 514 g/mol. The van der Waals surface area contributed by atoms with Gasteiger partial charge in [0.2, 0.25) is 0 Å². The highest BCUT2D eigenvalue weighted by Crippen LogP contribution is 2.49. The Morgan fingerprint density at radius 2 is 1.71 bits per heavy atom. The SMILES string of the molecule is C.C=CC=C.CC(C)(C)OC(=O)N1C2CCC1CC1(C=C(OSC(F)(F)F)c3ccccc3O1)C2. The molecular weight excluding hydrogens is 479 g/mol. The Bertz CT molecular complexity index is 935. The molecule has 4 rings (SSSR count). The van der Waals surface area contributed by atoms with Crippen LogP contribution in [0.1, 0.15) is 59.4 Å². The first-order valence-corrected chi connectivity index (χ1v) is 11.8. The van der Waals surface area contributed by atoms with E-state index in [2.05, 4.69) is 13.2 Å². The van der Waals surface area contributed by atoms with Crippen LogP contribution in [0.3, 0.4) is 0 Å². The molecule has 3 aliphatic rings. The fraction of sp³-hybridized carbons (Fsp3) is 0.500. The quantitative estimate of drug-likeness (QED) is 0.304. The van der Waals surface area contributed by atoms with Gasteiger partial charge < -0.3 is 18.6 Å². The van der Waals surface area contributed by atoms with Gasteiger partial charge in [0.05, 0.1) is 5.56 Å². The molecule has 0 aliphatic carbocycles. The number of ether oxygens (including phenoxy) is 2. The third-order valence-corrected chi connectivity index (χ3v) is 6.09. The minimum Gasteiger partial charge on any atom is -0.482 e. The molecule has 35 heavy (non-hydrogen) atoms. The number of fused-ring (bicyclic) bond motifs is 3. The second-order valence-electron chi connectivity index (χ2n) is 9.44. The lowest BCUT2D eigenvalue weighted by molar-refractivity contribution is -0.0384. The molecule has 0 saturated carbocycles. The third kappa shape index (κ3) is 7.22. The number of carbonyl (C=O) groups excluding carboxylic acids is 1. The van der Waals surface area contributed by atoms with Crippen LogP contribution in [0.5, 0.6) is 5.75 Å². The van der Waals surface area contributed by atoms with E-state index in [1.807, 2.05) is 20.8 Å². The van der Waals surface area contributed by atoms with Crippen LogP contribution in [0.2, 0.25) is 0 Å². The zero-order chi connectivity index (χ0) is 25.1. The van der Waals surface area contributed by atoms with Gasteiger partial charge in [0.1, 0.15) is 22.7 Å². The summed E-state index contributed by atoms with van der Waals surface area (Å²) >= 11 is -0.528. The summed E-state index contributed by atoms with van der Waals surface area (Å²) in [5.74, 6) is 0.632. The van der Waals surface area contributed by atoms with Crippen molar-refractivity contribution in [3.05, 3.63) is 61.2 Å². The summed E-state index contributed by atoms with van der Waals surface area (Å²) < 4.78 is 55.2. The van der Waals surface area contributed by atoms with E-state index < -0.39 is 28.8 Å². The van der Waals surface area contributed by atoms with Crippen molar-refractivity contribution >= 4 is 23.9 Å². The number of hydrogen-bond donors (Lipinski definition) is 0. The Morgan fingerprint density at radius 3 is 2.23 bits per heavy atom. The number of para-hydroxylation sites is 1. The predicted octanol–water partition coefficient (Wildman–Crippen LogP) is 7.90. The van der Waals surface area contributed by atoms with Gasteiger partial charge in [-0.3, -0.25) is 0 Å². The standard InChI is InChI=1S/C21H24F3NO4S.C4H6.CH4/c1-19(2,3)28-18(26)25-13-8-9-14(25)11-20(10-13)12-17(29-30-21(22,23)24)15-6-4-5-7-16(15)27-20;1-3-4-2;/h4-7,12-14H,8-11H2,1-3H3;3-4H,1-2H2;1H4. The van der Waals surface area contributed by atoms with E-state index in [-0.39, 0.29) is 31.4 Å². The van der Waals surface area contributed by atoms with Crippen LogP contribution in [0.25, 0.3) is 5.76 Å². The van der Waals surface area contributed by atoms with Crippen molar-refractivity contribution in [1.29, 1.82) is 0 Å². The maximum atomic E-state index is 12.8. The molecular formula is C26H34F3NO4S. The number of benzene rings is 1. The summed E-state index contributed by atoms with van der Waals surface area (Å²) in [5.41, 5.74) is -5.44. The summed E-state index contributed by atoms with van der Waals surface area (Å²) in [7, 11) is 0. The minimum absolute atomic E-state index is 0. The van der Waals surface area contributed by atoms with Gasteiger partial charge in [-0.25, -0.2) is 4.79 Å². The zero-order valence-electron chi connectivity index (χ0n) is 19.6. The largest absolute Gasteiger partial charge is 0.482 e. The fourth-order valence-corrected chi connectivity index (χ4v) is 4.86.